The molecule has 3 aliphatic carbocycles. The van der Waals surface area contributed by atoms with Crippen molar-refractivity contribution in [1.29, 1.82) is 0 Å². The number of aromatic hydroxyl groups is 2. The smallest absolute Gasteiger partial charge is 0.295 e. The van der Waals surface area contributed by atoms with Crippen LogP contribution in [-0.4, -0.2) is 36.2 Å². The van der Waals surface area contributed by atoms with Crippen LogP contribution in [0, 0.1) is 0 Å². The normalized spacial score (nSPS) is 13.1. The van der Waals surface area contributed by atoms with Crippen molar-refractivity contribution < 1.29 is 36.2 Å². The lowest BCUT2D eigenvalue weighted by molar-refractivity contribution is 0.471. The summed E-state index contributed by atoms with van der Waals surface area (Å²) >= 11 is 0. The summed E-state index contributed by atoms with van der Waals surface area (Å²) in [6.07, 6.45) is 0. The Morgan fingerprint density at radius 2 is 1.40 bits per heavy atom. The molecule has 4 N–H and O–H groups in total. The molecule has 0 saturated heterocycles. The maximum Gasteiger partial charge on any atom is 0.295 e. The molecule has 152 valence electrons. The number of hydrogen-bond donors (Lipinski definition) is 4. The zero-order chi connectivity index (χ0) is 21.6. The van der Waals surface area contributed by atoms with Crippen molar-refractivity contribution in [3.63, 3.8) is 0 Å². The summed E-state index contributed by atoms with van der Waals surface area (Å²) in [5.41, 5.74) is 1.04. The first kappa shape index (κ1) is 18.8. The van der Waals surface area contributed by atoms with Crippen LogP contribution in [0.3, 0.4) is 0 Å². The SMILES string of the molecule is O=S(=O)(O)c1cc(O)c2c3cc(cc2c1)-c1c(S(=O)(=O)O)cc2cc-3ccc2c1O. The molecule has 0 fully saturated rings. The van der Waals surface area contributed by atoms with Crippen LogP contribution in [0.4, 0.5) is 0 Å². The van der Waals surface area contributed by atoms with Gasteiger partial charge < -0.3 is 10.2 Å². The molecule has 0 atom stereocenters. The Hall–Kier alpha value is -3.18. The minimum absolute atomic E-state index is 0.155. The molecular weight excluding hydrogens is 432 g/mol. The van der Waals surface area contributed by atoms with E-state index >= 15 is 0 Å². The van der Waals surface area contributed by atoms with E-state index in [-0.39, 0.29) is 27.6 Å². The Kier molecular flexibility index (Phi) is 3.58. The third-order valence-electron chi connectivity index (χ3n) is 5.25. The molecule has 0 spiro atoms. The van der Waals surface area contributed by atoms with Gasteiger partial charge in [-0.2, -0.15) is 16.8 Å². The first-order chi connectivity index (χ1) is 13.9. The summed E-state index contributed by atoms with van der Waals surface area (Å²) in [5, 5.41) is 22.5. The number of phenolic OH excluding ortho intramolecular Hbond substituents is 2. The van der Waals surface area contributed by atoms with Crippen molar-refractivity contribution in [2.24, 2.45) is 0 Å². The second-order valence-corrected chi connectivity index (χ2v) is 9.86. The third-order valence-corrected chi connectivity index (χ3v) is 6.96. The summed E-state index contributed by atoms with van der Waals surface area (Å²) in [7, 11) is -9.34. The van der Waals surface area contributed by atoms with Gasteiger partial charge in [-0.15, -0.1) is 0 Å². The second-order valence-electron chi connectivity index (χ2n) is 7.05. The van der Waals surface area contributed by atoms with Crippen LogP contribution in [0.5, 0.6) is 11.5 Å². The highest BCUT2D eigenvalue weighted by molar-refractivity contribution is 7.86. The predicted octanol–water partition coefficient (Wildman–Crippen LogP) is 3.55. The maximum atomic E-state index is 12.0. The van der Waals surface area contributed by atoms with E-state index in [1.165, 1.54) is 18.2 Å². The fourth-order valence-corrected chi connectivity index (χ4v) is 5.28. The summed E-state index contributed by atoms with van der Waals surface area (Å²) in [6.45, 7) is 0. The molecule has 0 heterocycles. The highest BCUT2D eigenvalue weighted by atomic mass is 32.2. The van der Waals surface area contributed by atoms with Gasteiger partial charge in [-0.1, -0.05) is 12.1 Å². The van der Waals surface area contributed by atoms with Crippen molar-refractivity contribution in [1.82, 2.24) is 0 Å². The molecule has 4 aromatic rings. The van der Waals surface area contributed by atoms with Gasteiger partial charge in [0, 0.05) is 22.4 Å². The van der Waals surface area contributed by atoms with E-state index in [1.54, 1.807) is 18.2 Å². The van der Waals surface area contributed by atoms with E-state index in [0.29, 0.717) is 21.9 Å². The number of hydrogen-bond acceptors (Lipinski definition) is 6. The molecular formula is C20H12O8S2. The van der Waals surface area contributed by atoms with Gasteiger partial charge in [0.2, 0.25) is 0 Å². The van der Waals surface area contributed by atoms with Crippen molar-refractivity contribution in [2.45, 2.75) is 9.79 Å². The molecule has 0 aromatic heterocycles. The van der Waals surface area contributed by atoms with Crippen LogP contribution < -0.4 is 0 Å². The van der Waals surface area contributed by atoms with E-state index in [4.69, 9.17) is 0 Å². The lowest BCUT2D eigenvalue weighted by atomic mass is 9.94. The van der Waals surface area contributed by atoms with Gasteiger partial charge in [-0.3, -0.25) is 9.11 Å². The molecule has 6 bridgehead atoms. The van der Waals surface area contributed by atoms with E-state index in [9.17, 15) is 36.2 Å². The van der Waals surface area contributed by atoms with E-state index in [0.717, 1.165) is 12.1 Å². The Balaban J connectivity index is 2.06. The Morgan fingerprint density at radius 1 is 0.700 bits per heavy atom. The summed E-state index contributed by atoms with van der Waals surface area (Å²) in [5.74, 6) is -0.766. The van der Waals surface area contributed by atoms with E-state index in [2.05, 4.69) is 0 Å². The van der Waals surface area contributed by atoms with E-state index in [1.807, 2.05) is 0 Å². The van der Waals surface area contributed by atoms with Gasteiger partial charge >= 0.3 is 0 Å². The number of phenols is 2. The van der Waals surface area contributed by atoms with Crippen molar-refractivity contribution in [3.05, 3.63) is 48.5 Å². The molecule has 4 aromatic carbocycles. The van der Waals surface area contributed by atoms with Crippen molar-refractivity contribution >= 4 is 41.8 Å². The molecule has 0 radical (unpaired) electrons. The zero-order valence-electron chi connectivity index (χ0n) is 14.9. The predicted molar refractivity (Wildman–Crippen MR) is 109 cm³/mol. The van der Waals surface area contributed by atoms with Crippen molar-refractivity contribution in [3.8, 4) is 33.8 Å². The lowest BCUT2D eigenvalue weighted by Crippen LogP contribution is -2.01. The highest BCUT2D eigenvalue weighted by Crippen LogP contribution is 2.48. The third kappa shape index (κ3) is 2.58. The molecule has 0 aliphatic heterocycles. The molecule has 30 heavy (non-hydrogen) atoms. The topological polar surface area (TPSA) is 149 Å². The van der Waals surface area contributed by atoms with Gasteiger partial charge in [0.1, 0.15) is 16.4 Å². The molecule has 0 saturated carbocycles. The standard InChI is InChI=1S/C20H12O8S2/c21-16-8-13(29(23,24)25)5-11-4-12-6-15(18(11)16)9-1-2-14-10(3-9)7-17(30(26,27)28)19(12)20(14)22/h1-8,21-22H,(H,23,24,25)(H,26,27,28). The largest absolute Gasteiger partial charge is 0.507 e. The Morgan fingerprint density at radius 3 is 2.07 bits per heavy atom. The molecule has 8 nitrogen and oxygen atoms in total. The van der Waals surface area contributed by atoms with Gasteiger partial charge in [0.05, 0.1) is 4.90 Å². The quantitative estimate of drug-likeness (QED) is 0.302. The zero-order valence-corrected chi connectivity index (χ0v) is 16.5. The number of rotatable bonds is 2. The van der Waals surface area contributed by atoms with Crippen LogP contribution in [0.1, 0.15) is 0 Å². The van der Waals surface area contributed by atoms with Crippen LogP contribution in [0.2, 0.25) is 0 Å². The summed E-state index contributed by atoms with van der Waals surface area (Å²) in [4.78, 5) is -1.05. The molecule has 0 amide bonds. The van der Waals surface area contributed by atoms with Crippen molar-refractivity contribution in [2.75, 3.05) is 0 Å². The lowest BCUT2D eigenvalue weighted by Gasteiger charge is -2.14. The van der Waals surface area contributed by atoms with E-state index < -0.39 is 35.8 Å². The highest BCUT2D eigenvalue weighted by Gasteiger charge is 2.26. The van der Waals surface area contributed by atoms with Gasteiger partial charge in [0.15, 0.2) is 0 Å². The molecule has 0 unspecified atom stereocenters. The minimum Gasteiger partial charge on any atom is -0.507 e. The molecule has 3 aliphatic rings. The van der Waals surface area contributed by atoms with Gasteiger partial charge in [-0.05, 0) is 57.8 Å². The van der Waals surface area contributed by atoms with Crippen LogP contribution in [0.15, 0.2) is 58.3 Å². The fraction of sp³-hybridized carbons (Fsp3) is 0. The minimum atomic E-state index is -4.72. The van der Waals surface area contributed by atoms with Crippen LogP contribution >= 0.6 is 0 Å². The first-order valence-corrected chi connectivity index (χ1v) is 11.4. The van der Waals surface area contributed by atoms with Gasteiger partial charge in [0.25, 0.3) is 20.2 Å². The van der Waals surface area contributed by atoms with Gasteiger partial charge in [-0.25, -0.2) is 0 Å². The average Bonchev–Trinajstić information content (AvgIpc) is 2.72. The summed E-state index contributed by atoms with van der Waals surface area (Å²) < 4.78 is 66.4. The molecule has 10 heteroatoms. The number of benzene rings is 4. The average molecular weight is 444 g/mol. The molecule has 7 rings (SSSR count). The summed E-state index contributed by atoms with van der Waals surface area (Å²) in [6, 6.07) is 11.0. The Bertz CT molecular complexity index is 1650. The first-order valence-electron chi connectivity index (χ1n) is 8.51. The fourth-order valence-electron chi connectivity index (χ4n) is 4.00. The number of fused-ring (bicyclic) bond motifs is 3. The Labute approximate surface area is 170 Å². The van der Waals surface area contributed by atoms with Crippen LogP contribution in [0.25, 0.3) is 43.8 Å². The maximum absolute atomic E-state index is 12.0. The van der Waals surface area contributed by atoms with Crippen LogP contribution in [-0.2, 0) is 20.2 Å². The second kappa shape index (κ2) is 5.70. The monoisotopic (exact) mass is 444 g/mol.